The highest BCUT2D eigenvalue weighted by Gasteiger charge is 2.20. The number of hydrogen-bond acceptors (Lipinski definition) is 5. The van der Waals surface area contributed by atoms with Crippen molar-refractivity contribution in [3.8, 4) is 0 Å². The molecule has 0 aliphatic heterocycles. The number of para-hydroxylation sites is 1. The zero-order valence-corrected chi connectivity index (χ0v) is 16.0. The third-order valence-electron chi connectivity index (χ3n) is 3.86. The molecule has 0 unspecified atom stereocenters. The Kier molecular flexibility index (Phi) is 5.90. The highest BCUT2D eigenvalue weighted by Crippen LogP contribution is 2.30. The van der Waals surface area contributed by atoms with Crippen LogP contribution in [0.4, 0.5) is 15.2 Å². The molecule has 0 saturated heterocycles. The van der Waals surface area contributed by atoms with Gasteiger partial charge < -0.3 is 0 Å². The maximum atomic E-state index is 14.1. The Balaban J connectivity index is 1.75. The van der Waals surface area contributed by atoms with Crippen molar-refractivity contribution >= 4 is 40.2 Å². The Hall–Kier alpha value is -3.39. The summed E-state index contributed by atoms with van der Waals surface area (Å²) in [5, 5.41) is 5.88. The van der Waals surface area contributed by atoms with Crippen molar-refractivity contribution in [3.05, 3.63) is 76.5 Å². The van der Waals surface area contributed by atoms with Gasteiger partial charge in [-0.25, -0.2) is 14.8 Å². The summed E-state index contributed by atoms with van der Waals surface area (Å²) in [5.41, 5.74) is 4.38. The Morgan fingerprint density at radius 3 is 2.61 bits per heavy atom. The summed E-state index contributed by atoms with van der Waals surface area (Å²) in [6.45, 7) is 3.18. The first-order valence-corrected chi connectivity index (χ1v) is 9.25. The lowest BCUT2D eigenvalue weighted by Gasteiger charge is -2.18. The van der Waals surface area contributed by atoms with Gasteiger partial charge in [0.1, 0.15) is 5.82 Å². The number of anilines is 2. The predicted octanol–water partition coefficient (Wildman–Crippen LogP) is 4.04. The fraction of sp³-hybridized carbons (Fsp3) is 0.100. The number of benzene rings is 2. The molecule has 3 rings (SSSR count). The van der Waals surface area contributed by atoms with Crippen LogP contribution in [0.3, 0.4) is 0 Å². The second kappa shape index (κ2) is 8.53. The fourth-order valence-corrected chi connectivity index (χ4v) is 3.35. The second-order valence-corrected chi connectivity index (χ2v) is 6.71. The number of amides is 2. The molecular weight excluding hydrogens is 379 g/mol. The van der Waals surface area contributed by atoms with E-state index in [0.717, 1.165) is 5.56 Å². The molecule has 1 heterocycles. The van der Waals surface area contributed by atoms with Crippen LogP contribution in [-0.4, -0.2) is 23.0 Å². The largest absolute Gasteiger partial charge is 0.274 e. The van der Waals surface area contributed by atoms with Crippen molar-refractivity contribution < 1.29 is 14.0 Å². The number of aromatic nitrogens is 1. The molecule has 3 aromatic rings. The third-order valence-corrected chi connectivity index (χ3v) is 4.71. The van der Waals surface area contributed by atoms with Crippen molar-refractivity contribution in [2.45, 2.75) is 13.8 Å². The molecule has 0 spiro atoms. The number of nitrogens with zero attached hydrogens (tertiary/aromatic N) is 3. The van der Waals surface area contributed by atoms with E-state index in [1.807, 2.05) is 19.1 Å². The van der Waals surface area contributed by atoms with E-state index >= 15 is 0 Å². The fourth-order valence-electron chi connectivity index (χ4n) is 2.52. The number of rotatable bonds is 5. The number of carbonyl (C=O) groups excluding carboxylic acids is 2. The normalized spacial score (nSPS) is 10.8. The lowest BCUT2D eigenvalue weighted by atomic mass is 10.1. The van der Waals surface area contributed by atoms with Crippen LogP contribution in [0.15, 0.2) is 59.0 Å². The highest BCUT2D eigenvalue weighted by atomic mass is 32.1. The lowest BCUT2D eigenvalue weighted by Crippen LogP contribution is -2.23. The molecule has 6 nitrogen and oxygen atoms in total. The highest BCUT2D eigenvalue weighted by molar-refractivity contribution is 7.14. The van der Waals surface area contributed by atoms with E-state index in [4.69, 9.17) is 0 Å². The quantitative estimate of drug-likeness (QED) is 0.522. The van der Waals surface area contributed by atoms with Crippen LogP contribution in [0.2, 0.25) is 0 Å². The van der Waals surface area contributed by atoms with Crippen molar-refractivity contribution in [1.29, 1.82) is 0 Å². The van der Waals surface area contributed by atoms with Gasteiger partial charge >= 0.3 is 0 Å². The number of hydrazone groups is 1. The molecule has 1 aromatic heterocycles. The van der Waals surface area contributed by atoms with E-state index < -0.39 is 5.82 Å². The minimum absolute atomic E-state index is 0.126. The van der Waals surface area contributed by atoms with Gasteiger partial charge in [0.2, 0.25) is 5.91 Å². The number of aryl methyl sites for hydroxylation is 1. The van der Waals surface area contributed by atoms with Gasteiger partial charge in [-0.15, -0.1) is 11.3 Å². The molecular formula is C20H17FN4O2S. The Morgan fingerprint density at radius 1 is 1.18 bits per heavy atom. The minimum Gasteiger partial charge on any atom is -0.274 e. The molecule has 28 heavy (non-hydrogen) atoms. The van der Waals surface area contributed by atoms with Crippen LogP contribution < -0.4 is 10.3 Å². The van der Waals surface area contributed by atoms with Crippen LogP contribution in [0.5, 0.6) is 0 Å². The molecule has 0 fully saturated rings. The summed E-state index contributed by atoms with van der Waals surface area (Å²) in [6.07, 6.45) is 1.37. The molecule has 8 heteroatoms. The van der Waals surface area contributed by atoms with E-state index in [1.54, 1.807) is 29.6 Å². The average Bonchev–Trinajstić information content (AvgIpc) is 3.12. The molecule has 0 atom stereocenters. The number of carbonyl (C=O) groups is 2. The van der Waals surface area contributed by atoms with Crippen LogP contribution in [0.25, 0.3) is 0 Å². The van der Waals surface area contributed by atoms with Gasteiger partial charge in [-0.1, -0.05) is 30.3 Å². The first kappa shape index (κ1) is 19.4. The van der Waals surface area contributed by atoms with Gasteiger partial charge in [0.25, 0.3) is 5.91 Å². The zero-order valence-electron chi connectivity index (χ0n) is 15.2. The topological polar surface area (TPSA) is 74.7 Å². The second-order valence-electron chi connectivity index (χ2n) is 5.87. The van der Waals surface area contributed by atoms with Gasteiger partial charge in [-0.05, 0) is 30.7 Å². The van der Waals surface area contributed by atoms with Gasteiger partial charge in [0.15, 0.2) is 5.13 Å². The number of hydrogen-bond donors (Lipinski definition) is 1. The van der Waals surface area contributed by atoms with E-state index in [0.29, 0.717) is 16.4 Å². The van der Waals surface area contributed by atoms with Gasteiger partial charge in [-0.2, -0.15) is 5.10 Å². The van der Waals surface area contributed by atoms with E-state index in [9.17, 15) is 14.0 Å². The van der Waals surface area contributed by atoms with Gasteiger partial charge in [0, 0.05) is 17.9 Å². The van der Waals surface area contributed by atoms with Crippen molar-refractivity contribution in [1.82, 2.24) is 10.4 Å². The lowest BCUT2D eigenvalue weighted by molar-refractivity contribution is -0.115. The monoisotopic (exact) mass is 396 g/mol. The third kappa shape index (κ3) is 4.29. The van der Waals surface area contributed by atoms with Crippen LogP contribution in [0.1, 0.15) is 28.5 Å². The van der Waals surface area contributed by atoms with Crippen LogP contribution >= 0.6 is 11.3 Å². The molecule has 1 N–H and O–H groups in total. The molecule has 0 radical (unpaired) electrons. The Labute approximate surface area is 165 Å². The maximum Gasteiger partial charge on any atom is 0.271 e. The SMILES string of the molecule is CC(=O)N(c1nc(/C=N\NC(=O)c2ccccc2C)cs1)c1ccccc1F. The van der Waals surface area contributed by atoms with Gasteiger partial charge in [0.05, 0.1) is 17.6 Å². The minimum atomic E-state index is -0.520. The summed E-state index contributed by atoms with van der Waals surface area (Å²) in [7, 11) is 0. The molecule has 2 amide bonds. The number of halogens is 1. The summed E-state index contributed by atoms with van der Waals surface area (Å²) >= 11 is 1.17. The maximum absolute atomic E-state index is 14.1. The van der Waals surface area contributed by atoms with E-state index in [2.05, 4.69) is 15.5 Å². The Morgan fingerprint density at radius 2 is 1.89 bits per heavy atom. The molecule has 0 aliphatic carbocycles. The van der Waals surface area contributed by atoms with Crippen molar-refractivity contribution in [2.24, 2.45) is 5.10 Å². The van der Waals surface area contributed by atoms with E-state index in [-0.39, 0.29) is 17.5 Å². The van der Waals surface area contributed by atoms with E-state index in [1.165, 1.54) is 41.5 Å². The molecule has 142 valence electrons. The average molecular weight is 396 g/mol. The standard InChI is InChI=1S/C20H17FN4O2S/c1-13-7-3-4-8-16(13)19(27)24-22-11-15-12-28-20(23-15)25(14(2)26)18-10-6-5-9-17(18)21/h3-12H,1-2H3,(H,24,27)/b22-11-. The van der Waals surface area contributed by atoms with Crippen LogP contribution in [-0.2, 0) is 4.79 Å². The predicted molar refractivity (Wildman–Crippen MR) is 108 cm³/mol. The molecule has 2 aromatic carbocycles. The smallest absolute Gasteiger partial charge is 0.271 e. The van der Waals surface area contributed by atoms with Crippen molar-refractivity contribution in [3.63, 3.8) is 0 Å². The Bertz CT molecular complexity index is 1050. The van der Waals surface area contributed by atoms with Gasteiger partial charge in [-0.3, -0.25) is 14.5 Å². The summed E-state index contributed by atoms with van der Waals surface area (Å²) in [4.78, 5) is 29.7. The summed E-state index contributed by atoms with van der Waals surface area (Å²) < 4.78 is 14.1. The first-order chi connectivity index (χ1) is 13.5. The number of thiazole rings is 1. The summed E-state index contributed by atoms with van der Waals surface area (Å²) in [6, 6.07) is 13.2. The van der Waals surface area contributed by atoms with Crippen LogP contribution in [0, 0.1) is 12.7 Å². The zero-order chi connectivity index (χ0) is 20.1. The molecule has 0 aliphatic rings. The molecule has 0 saturated carbocycles. The van der Waals surface area contributed by atoms with Crippen molar-refractivity contribution in [2.75, 3.05) is 4.90 Å². The summed E-state index contributed by atoms with van der Waals surface area (Å²) in [5.74, 6) is -1.22. The first-order valence-electron chi connectivity index (χ1n) is 8.37. The molecule has 0 bridgehead atoms. The number of nitrogens with one attached hydrogen (secondary N) is 1.